The number of rotatable bonds is 5. The second-order valence-electron chi connectivity index (χ2n) is 8.01. The Bertz CT molecular complexity index is 470. The van der Waals surface area contributed by atoms with E-state index in [1.165, 1.54) is 37.7 Å². The molecule has 0 saturated heterocycles. The fourth-order valence-electron chi connectivity index (χ4n) is 4.72. The normalized spacial score (nSPS) is 34.9. The quantitative estimate of drug-likeness (QED) is 0.822. The fraction of sp³-hybridized carbons (Fsp3) is 0.850. The monoisotopic (exact) mass is 318 g/mol. The van der Waals surface area contributed by atoms with Crippen LogP contribution in [0.3, 0.4) is 0 Å². The van der Waals surface area contributed by atoms with E-state index in [9.17, 15) is 4.79 Å². The van der Waals surface area contributed by atoms with Gasteiger partial charge in [-0.1, -0.05) is 40.0 Å². The third-order valence-corrected chi connectivity index (χ3v) is 6.50. The Morgan fingerprint density at radius 1 is 1.13 bits per heavy atom. The van der Waals surface area contributed by atoms with Crippen LogP contribution < -0.4 is 5.32 Å². The molecule has 1 fully saturated rings. The van der Waals surface area contributed by atoms with Gasteiger partial charge in [0.2, 0.25) is 0 Å². The van der Waals surface area contributed by atoms with E-state index in [0.29, 0.717) is 17.9 Å². The largest absolute Gasteiger partial charge is 0.319 e. The number of unbranched alkanes of at least 4 members (excludes halogenated alkanes) is 1. The van der Waals surface area contributed by atoms with Crippen LogP contribution in [0, 0.1) is 11.8 Å². The molecular formula is C20H34N2O. The summed E-state index contributed by atoms with van der Waals surface area (Å²) in [6, 6.07) is 0.564. The number of amides is 1. The average Bonchev–Trinajstić information content (AvgIpc) is 2.82. The minimum Gasteiger partial charge on any atom is -0.319 e. The lowest BCUT2D eigenvalue weighted by Crippen LogP contribution is -2.53. The molecule has 0 unspecified atom stereocenters. The summed E-state index contributed by atoms with van der Waals surface area (Å²) < 4.78 is 0. The summed E-state index contributed by atoms with van der Waals surface area (Å²) in [6.45, 7) is 7.90. The number of carbonyl (C=O) groups excluding carboxylic acids is 1. The van der Waals surface area contributed by atoms with Crippen molar-refractivity contribution in [3.05, 3.63) is 11.1 Å². The Hall–Kier alpha value is -0.830. The van der Waals surface area contributed by atoms with Crippen molar-refractivity contribution in [1.29, 1.82) is 0 Å². The minimum absolute atomic E-state index is 0.196. The van der Waals surface area contributed by atoms with E-state index in [1.54, 1.807) is 0 Å². The van der Waals surface area contributed by atoms with Gasteiger partial charge in [-0.15, -0.1) is 0 Å². The highest BCUT2D eigenvalue weighted by Gasteiger charge is 2.41. The molecule has 3 rings (SSSR count). The molecule has 1 heterocycles. The molecule has 0 aromatic rings. The fourth-order valence-corrected chi connectivity index (χ4v) is 4.72. The van der Waals surface area contributed by atoms with Gasteiger partial charge in [-0.2, -0.15) is 0 Å². The summed E-state index contributed by atoms with van der Waals surface area (Å²) >= 11 is 0. The standard InChI is InChI=1S/C20H34N2O/c1-4-5-13-22-19(16-10-6-7-11-17(16)20(22)23)21-18-12-8-9-14(2)15(18)3/h14-15,18-19,21H,4-13H2,1-3H3/t14-,15-,18-,19-/m1/s1. The molecule has 0 spiro atoms. The minimum atomic E-state index is 0.196. The van der Waals surface area contributed by atoms with E-state index in [-0.39, 0.29) is 6.17 Å². The molecule has 0 aromatic carbocycles. The van der Waals surface area contributed by atoms with Crippen molar-refractivity contribution in [3.63, 3.8) is 0 Å². The molecule has 3 nitrogen and oxygen atoms in total. The van der Waals surface area contributed by atoms with E-state index in [4.69, 9.17) is 0 Å². The van der Waals surface area contributed by atoms with Gasteiger partial charge in [0.05, 0.1) is 0 Å². The summed E-state index contributed by atoms with van der Waals surface area (Å²) in [5.41, 5.74) is 2.59. The number of carbonyl (C=O) groups is 1. The van der Waals surface area contributed by atoms with Crippen molar-refractivity contribution >= 4 is 5.91 Å². The summed E-state index contributed by atoms with van der Waals surface area (Å²) in [7, 11) is 0. The first-order valence-corrected chi connectivity index (χ1v) is 9.92. The number of nitrogens with zero attached hydrogens (tertiary/aromatic N) is 1. The summed E-state index contributed by atoms with van der Waals surface area (Å²) in [4.78, 5) is 15.0. The van der Waals surface area contributed by atoms with Crippen molar-refractivity contribution in [2.75, 3.05) is 6.54 Å². The maximum Gasteiger partial charge on any atom is 0.251 e. The second kappa shape index (κ2) is 7.38. The first-order valence-electron chi connectivity index (χ1n) is 9.92. The van der Waals surface area contributed by atoms with Crippen LogP contribution in [-0.2, 0) is 4.79 Å². The molecule has 1 amide bonds. The maximum atomic E-state index is 12.9. The zero-order valence-electron chi connectivity index (χ0n) is 15.2. The lowest BCUT2D eigenvalue weighted by molar-refractivity contribution is -0.127. The summed E-state index contributed by atoms with van der Waals surface area (Å²) in [5, 5.41) is 3.93. The Morgan fingerprint density at radius 3 is 2.70 bits per heavy atom. The van der Waals surface area contributed by atoms with Gasteiger partial charge >= 0.3 is 0 Å². The van der Waals surface area contributed by atoms with Crippen LogP contribution in [0.1, 0.15) is 78.6 Å². The third kappa shape index (κ3) is 3.35. The molecule has 0 aromatic heterocycles. The first kappa shape index (κ1) is 17.0. The molecule has 3 aliphatic rings. The molecular weight excluding hydrogens is 284 g/mol. The van der Waals surface area contributed by atoms with Crippen LogP contribution in [0.4, 0.5) is 0 Å². The smallest absolute Gasteiger partial charge is 0.251 e. The van der Waals surface area contributed by atoms with Crippen molar-refractivity contribution in [1.82, 2.24) is 10.2 Å². The average molecular weight is 319 g/mol. The maximum absolute atomic E-state index is 12.9. The Kier molecular flexibility index (Phi) is 5.45. The van der Waals surface area contributed by atoms with Gasteiger partial charge in [0.25, 0.3) is 5.91 Å². The van der Waals surface area contributed by atoms with Gasteiger partial charge in [0.15, 0.2) is 0 Å². The lowest BCUT2D eigenvalue weighted by atomic mass is 9.77. The van der Waals surface area contributed by atoms with Crippen LogP contribution in [-0.4, -0.2) is 29.6 Å². The summed E-state index contributed by atoms with van der Waals surface area (Å²) in [6.07, 6.45) is 11.0. The van der Waals surface area contributed by atoms with Crippen LogP contribution in [0.15, 0.2) is 11.1 Å². The number of hydrogen-bond donors (Lipinski definition) is 1. The van der Waals surface area contributed by atoms with E-state index in [1.807, 2.05) is 0 Å². The van der Waals surface area contributed by atoms with Crippen molar-refractivity contribution in [3.8, 4) is 0 Å². The van der Waals surface area contributed by atoms with Crippen LogP contribution in [0.2, 0.25) is 0 Å². The number of nitrogens with one attached hydrogen (secondary N) is 1. The molecule has 23 heavy (non-hydrogen) atoms. The van der Waals surface area contributed by atoms with E-state index in [0.717, 1.165) is 43.7 Å². The SMILES string of the molecule is CCCCN1C(=O)C2=C(CCCC2)[C@@H]1N[C@@H]1CCC[C@@H](C)[C@H]1C. The molecule has 0 bridgehead atoms. The second-order valence-corrected chi connectivity index (χ2v) is 8.01. The van der Waals surface area contributed by atoms with Crippen molar-refractivity contribution in [2.24, 2.45) is 11.8 Å². The predicted molar refractivity (Wildman–Crippen MR) is 95.0 cm³/mol. The lowest BCUT2D eigenvalue weighted by Gasteiger charge is -2.39. The van der Waals surface area contributed by atoms with Crippen molar-refractivity contribution in [2.45, 2.75) is 90.8 Å². The molecule has 3 heteroatoms. The molecule has 1 N–H and O–H groups in total. The highest BCUT2D eigenvalue weighted by atomic mass is 16.2. The molecule has 1 saturated carbocycles. The van der Waals surface area contributed by atoms with Crippen molar-refractivity contribution < 1.29 is 4.79 Å². The van der Waals surface area contributed by atoms with Gasteiger partial charge < -0.3 is 4.90 Å². The third-order valence-electron chi connectivity index (χ3n) is 6.50. The van der Waals surface area contributed by atoms with Gasteiger partial charge in [-0.05, 0) is 55.9 Å². The predicted octanol–water partition coefficient (Wildman–Crippen LogP) is 4.24. The van der Waals surface area contributed by atoms with Gasteiger partial charge in [0.1, 0.15) is 6.17 Å². The Balaban J connectivity index is 1.77. The molecule has 4 atom stereocenters. The first-order chi connectivity index (χ1) is 11.1. The van der Waals surface area contributed by atoms with Crippen LogP contribution >= 0.6 is 0 Å². The van der Waals surface area contributed by atoms with Gasteiger partial charge in [-0.3, -0.25) is 10.1 Å². The van der Waals surface area contributed by atoms with E-state index in [2.05, 4.69) is 31.0 Å². The zero-order chi connectivity index (χ0) is 16.4. The molecule has 1 aliphatic heterocycles. The van der Waals surface area contributed by atoms with Gasteiger partial charge in [-0.25, -0.2) is 0 Å². The zero-order valence-corrected chi connectivity index (χ0v) is 15.2. The highest BCUT2D eigenvalue weighted by molar-refractivity contribution is 5.97. The Labute approximate surface area is 141 Å². The van der Waals surface area contributed by atoms with E-state index >= 15 is 0 Å². The van der Waals surface area contributed by atoms with Crippen LogP contribution in [0.25, 0.3) is 0 Å². The molecule has 130 valence electrons. The summed E-state index contributed by atoms with van der Waals surface area (Å²) in [5.74, 6) is 1.84. The number of hydrogen-bond acceptors (Lipinski definition) is 2. The van der Waals surface area contributed by atoms with E-state index < -0.39 is 0 Å². The molecule has 0 radical (unpaired) electrons. The molecule has 2 aliphatic carbocycles. The van der Waals surface area contributed by atoms with Crippen LogP contribution in [0.5, 0.6) is 0 Å². The van der Waals surface area contributed by atoms with Gasteiger partial charge in [0, 0.05) is 18.2 Å². The highest BCUT2D eigenvalue weighted by Crippen LogP contribution is 2.37. The Morgan fingerprint density at radius 2 is 1.91 bits per heavy atom. The topological polar surface area (TPSA) is 32.3 Å².